The van der Waals surface area contributed by atoms with Crippen LogP contribution in [0.4, 0.5) is 5.13 Å². The van der Waals surface area contributed by atoms with Crippen LogP contribution in [0.15, 0.2) is 5.38 Å². The van der Waals surface area contributed by atoms with E-state index in [2.05, 4.69) is 22.1 Å². The smallest absolute Gasteiger partial charge is 0.184 e. The predicted octanol–water partition coefficient (Wildman–Crippen LogP) is 3.49. The first-order chi connectivity index (χ1) is 6.84. The van der Waals surface area contributed by atoms with Gasteiger partial charge in [0.25, 0.3) is 0 Å². The SMILES string of the molecule is Clc1csc(NCC2CCCCS2)n1. The molecule has 78 valence electrons. The average molecular weight is 249 g/mol. The van der Waals surface area contributed by atoms with Gasteiger partial charge >= 0.3 is 0 Å². The average Bonchev–Trinajstić information content (AvgIpc) is 2.63. The third-order valence-corrected chi connectivity index (χ3v) is 4.75. The minimum Gasteiger partial charge on any atom is -0.360 e. The Kier molecular flexibility index (Phi) is 3.96. The van der Waals surface area contributed by atoms with Gasteiger partial charge < -0.3 is 5.32 Å². The predicted molar refractivity (Wildman–Crippen MR) is 65.7 cm³/mol. The third-order valence-electron chi connectivity index (χ3n) is 2.23. The van der Waals surface area contributed by atoms with E-state index in [1.165, 1.54) is 25.0 Å². The summed E-state index contributed by atoms with van der Waals surface area (Å²) in [5.74, 6) is 1.31. The molecule has 2 rings (SSSR count). The van der Waals surface area contributed by atoms with E-state index < -0.39 is 0 Å². The van der Waals surface area contributed by atoms with Crippen molar-refractivity contribution in [2.24, 2.45) is 0 Å². The molecule has 0 spiro atoms. The lowest BCUT2D eigenvalue weighted by Gasteiger charge is -2.21. The molecule has 1 aromatic rings. The van der Waals surface area contributed by atoms with Gasteiger partial charge in [0, 0.05) is 17.2 Å². The molecule has 1 unspecified atom stereocenters. The molecule has 0 bridgehead atoms. The van der Waals surface area contributed by atoms with Gasteiger partial charge in [-0.3, -0.25) is 0 Å². The summed E-state index contributed by atoms with van der Waals surface area (Å²) in [7, 11) is 0. The van der Waals surface area contributed by atoms with Crippen molar-refractivity contribution in [2.45, 2.75) is 24.5 Å². The molecule has 2 heterocycles. The van der Waals surface area contributed by atoms with Crippen LogP contribution in [0.25, 0.3) is 0 Å². The van der Waals surface area contributed by atoms with Gasteiger partial charge in [-0.15, -0.1) is 11.3 Å². The second-order valence-corrected chi connectivity index (χ2v) is 6.00. The Labute approximate surface area is 97.5 Å². The quantitative estimate of drug-likeness (QED) is 0.887. The molecule has 2 nitrogen and oxygen atoms in total. The second-order valence-electron chi connectivity index (χ2n) is 3.34. The molecular weight excluding hydrogens is 236 g/mol. The van der Waals surface area contributed by atoms with E-state index >= 15 is 0 Å². The first kappa shape index (κ1) is 10.6. The summed E-state index contributed by atoms with van der Waals surface area (Å²) in [5.41, 5.74) is 0. The number of nitrogens with zero attached hydrogens (tertiary/aromatic N) is 1. The van der Waals surface area contributed by atoms with Crippen LogP contribution in [-0.2, 0) is 0 Å². The monoisotopic (exact) mass is 248 g/mol. The van der Waals surface area contributed by atoms with Crippen molar-refractivity contribution in [3.8, 4) is 0 Å². The number of anilines is 1. The van der Waals surface area contributed by atoms with Crippen LogP contribution >= 0.6 is 34.7 Å². The van der Waals surface area contributed by atoms with Gasteiger partial charge in [-0.05, 0) is 18.6 Å². The number of nitrogens with one attached hydrogen (secondary N) is 1. The third kappa shape index (κ3) is 3.04. The Bertz CT molecular complexity index is 284. The van der Waals surface area contributed by atoms with Crippen molar-refractivity contribution in [1.82, 2.24) is 4.98 Å². The lowest BCUT2D eigenvalue weighted by Crippen LogP contribution is -2.19. The Morgan fingerprint density at radius 2 is 2.50 bits per heavy atom. The van der Waals surface area contributed by atoms with E-state index in [-0.39, 0.29) is 0 Å². The van der Waals surface area contributed by atoms with E-state index in [0.29, 0.717) is 5.15 Å². The number of aromatic nitrogens is 1. The largest absolute Gasteiger partial charge is 0.360 e. The van der Waals surface area contributed by atoms with Crippen LogP contribution in [0.5, 0.6) is 0 Å². The molecule has 0 saturated carbocycles. The highest BCUT2D eigenvalue weighted by atomic mass is 35.5. The maximum absolute atomic E-state index is 5.74. The van der Waals surface area contributed by atoms with Crippen molar-refractivity contribution in [1.29, 1.82) is 0 Å². The zero-order valence-electron chi connectivity index (χ0n) is 7.83. The van der Waals surface area contributed by atoms with Gasteiger partial charge in [0.05, 0.1) is 0 Å². The van der Waals surface area contributed by atoms with Gasteiger partial charge in [0.2, 0.25) is 0 Å². The fourth-order valence-electron chi connectivity index (χ4n) is 1.50. The number of halogens is 1. The van der Waals surface area contributed by atoms with E-state index in [1.54, 1.807) is 11.3 Å². The summed E-state index contributed by atoms with van der Waals surface area (Å²) in [5, 5.41) is 7.49. The first-order valence-corrected chi connectivity index (χ1v) is 7.12. The Hall–Kier alpha value is 0.0700. The number of thioether (sulfide) groups is 1. The highest BCUT2D eigenvalue weighted by Crippen LogP contribution is 2.26. The summed E-state index contributed by atoms with van der Waals surface area (Å²) in [6, 6.07) is 0. The van der Waals surface area contributed by atoms with E-state index in [9.17, 15) is 0 Å². The summed E-state index contributed by atoms with van der Waals surface area (Å²) < 4.78 is 0. The number of hydrogen-bond acceptors (Lipinski definition) is 4. The molecule has 0 aromatic carbocycles. The van der Waals surface area contributed by atoms with Gasteiger partial charge in [-0.25, -0.2) is 4.98 Å². The number of rotatable bonds is 3. The molecule has 1 aliphatic rings. The minimum atomic E-state index is 0.591. The molecule has 5 heteroatoms. The van der Waals surface area contributed by atoms with Crippen LogP contribution in [0.3, 0.4) is 0 Å². The molecule has 14 heavy (non-hydrogen) atoms. The topological polar surface area (TPSA) is 24.9 Å². The van der Waals surface area contributed by atoms with E-state index in [4.69, 9.17) is 11.6 Å². The highest BCUT2D eigenvalue weighted by molar-refractivity contribution is 7.99. The molecule has 1 atom stereocenters. The molecule has 0 radical (unpaired) electrons. The number of thiazole rings is 1. The van der Waals surface area contributed by atoms with Crippen molar-refractivity contribution in [2.75, 3.05) is 17.6 Å². The maximum Gasteiger partial charge on any atom is 0.184 e. The molecule has 1 saturated heterocycles. The van der Waals surface area contributed by atoms with Crippen LogP contribution < -0.4 is 5.32 Å². The fourth-order valence-corrected chi connectivity index (χ4v) is 3.59. The number of hydrogen-bond donors (Lipinski definition) is 1. The maximum atomic E-state index is 5.74. The van der Waals surface area contributed by atoms with Crippen LogP contribution in [0, 0.1) is 0 Å². The molecular formula is C9H13ClN2S2. The minimum absolute atomic E-state index is 0.591. The van der Waals surface area contributed by atoms with Crippen LogP contribution in [-0.4, -0.2) is 22.5 Å². The lowest BCUT2D eigenvalue weighted by atomic mass is 10.2. The van der Waals surface area contributed by atoms with Crippen molar-refractivity contribution in [3.05, 3.63) is 10.5 Å². The molecule has 0 amide bonds. The molecule has 1 aromatic heterocycles. The lowest BCUT2D eigenvalue weighted by molar-refractivity contribution is 0.677. The standard InChI is InChI=1S/C9H13ClN2S2/c10-8-6-14-9(12-8)11-5-7-3-1-2-4-13-7/h6-7H,1-5H2,(H,11,12). The van der Waals surface area contributed by atoms with Gasteiger partial charge in [-0.1, -0.05) is 18.0 Å². The van der Waals surface area contributed by atoms with Crippen LogP contribution in [0.2, 0.25) is 5.15 Å². The molecule has 1 fully saturated rings. The second kappa shape index (κ2) is 5.24. The van der Waals surface area contributed by atoms with Gasteiger partial charge in [0.15, 0.2) is 5.13 Å². The first-order valence-electron chi connectivity index (χ1n) is 4.81. The zero-order valence-corrected chi connectivity index (χ0v) is 10.2. The normalized spacial score (nSPS) is 22.2. The van der Waals surface area contributed by atoms with E-state index in [0.717, 1.165) is 16.9 Å². The fraction of sp³-hybridized carbons (Fsp3) is 0.667. The Morgan fingerprint density at radius 1 is 1.57 bits per heavy atom. The summed E-state index contributed by atoms with van der Waals surface area (Å²) in [6.45, 7) is 1.02. The summed E-state index contributed by atoms with van der Waals surface area (Å²) in [6.07, 6.45) is 4.08. The summed E-state index contributed by atoms with van der Waals surface area (Å²) in [4.78, 5) is 4.16. The molecule has 1 aliphatic heterocycles. The summed E-state index contributed by atoms with van der Waals surface area (Å²) >= 11 is 9.38. The Balaban J connectivity index is 1.76. The molecule has 1 N–H and O–H groups in total. The highest BCUT2D eigenvalue weighted by Gasteiger charge is 2.13. The molecule has 0 aliphatic carbocycles. The Morgan fingerprint density at radius 3 is 3.14 bits per heavy atom. The zero-order chi connectivity index (χ0) is 9.80. The van der Waals surface area contributed by atoms with Gasteiger partial charge in [0.1, 0.15) is 5.15 Å². The van der Waals surface area contributed by atoms with E-state index in [1.807, 2.05) is 5.38 Å². The van der Waals surface area contributed by atoms with Crippen molar-refractivity contribution < 1.29 is 0 Å². The van der Waals surface area contributed by atoms with Gasteiger partial charge in [-0.2, -0.15) is 11.8 Å². The van der Waals surface area contributed by atoms with Crippen molar-refractivity contribution in [3.63, 3.8) is 0 Å². The van der Waals surface area contributed by atoms with Crippen molar-refractivity contribution >= 4 is 39.8 Å². The van der Waals surface area contributed by atoms with Crippen LogP contribution in [0.1, 0.15) is 19.3 Å².